The topological polar surface area (TPSA) is 47.9 Å². The Hall–Kier alpha value is -1.47. The van der Waals surface area contributed by atoms with Gasteiger partial charge in [-0.25, -0.2) is 0 Å². The smallest absolute Gasteiger partial charge is 0.411 e. The van der Waals surface area contributed by atoms with E-state index in [-0.39, 0.29) is 6.61 Å². The highest BCUT2D eigenvalue weighted by Gasteiger charge is 2.27. The summed E-state index contributed by atoms with van der Waals surface area (Å²) in [6.07, 6.45) is -4.72. The highest BCUT2D eigenvalue weighted by Crippen LogP contribution is 2.28. The normalized spacial score (nSPS) is 13.0. The van der Waals surface area contributed by atoms with Gasteiger partial charge in [-0.15, -0.1) is 0 Å². The number of aryl methyl sites for hydroxylation is 1. The van der Waals surface area contributed by atoms with Crippen LogP contribution >= 0.6 is 0 Å². The summed E-state index contributed by atoms with van der Waals surface area (Å²) >= 11 is 0. The molecule has 1 aromatic carbocycles. The largest absolute Gasteiger partial charge is 0.493 e. The molecule has 0 saturated heterocycles. The van der Waals surface area contributed by atoms with E-state index in [4.69, 9.17) is 9.47 Å². The maximum absolute atomic E-state index is 11.9. The number of hydrogen-bond acceptors (Lipinski definition) is 4. The van der Waals surface area contributed by atoms with Gasteiger partial charge in [0, 0.05) is 0 Å². The van der Waals surface area contributed by atoms with Crippen molar-refractivity contribution >= 4 is 0 Å². The van der Waals surface area contributed by atoms with E-state index in [1.54, 1.807) is 6.07 Å². The molecule has 0 fully saturated rings. The first kappa shape index (κ1) is 17.6. The van der Waals surface area contributed by atoms with Crippen molar-refractivity contribution < 1.29 is 32.5 Å². The van der Waals surface area contributed by atoms with Crippen molar-refractivity contribution in [3.05, 3.63) is 23.8 Å². The van der Waals surface area contributed by atoms with Crippen LogP contribution in [0.1, 0.15) is 12.5 Å². The number of rotatable bonds is 8. The molecule has 1 atom stereocenters. The lowest BCUT2D eigenvalue weighted by molar-refractivity contribution is -0.179. The third-order valence-electron chi connectivity index (χ3n) is 2.64. The second-order valence-electron chi connectivity index (χ2n) is 4.43. The molecule has 0 aliphatic carbocycles. The summed E-state index contributed by atoms with van der Waals surface area (Å²) < 4.78 is 50.5. The maximum Gasteiger partial charge on any atom is 0.411 e. The van der Waals surface area contributed by atoms with Crippen LogP contribution in [0.5, 0.6) is 11.5 Å². The van der Waals surface area contributed by atoms with Crippen LogP contribution in [0.3, 0.4) is 0 Å². The number of methoxy groups -OCH3 is 1. The monoisotopic (exact) mass is 308 g/mol. The molecule has 120 valence electrons. The van der Waals surface area contributed by atoms with Gasteiger partial charge >= 0.3 is 6.18 Å². The highest BCUT2D eigenvalue weighted by atomic mass is 19.4. The predicted molar refractivity (Wildman–Crippen MR) is 70.7 cm³/mol. The van der Waals surface area contributed by atoms with Gasteiger partial charge in [-0.2, -0.15) is 13.2 Å². The van der Waals surface area contributed by atoms with E-state index in [9.17, 15) is 18.3 Å². The molecular formula is C14H19F3O4. The first-order valence-electron chi connectivity index (χ1n) is 6.48. The fraction of sp³-hybridized carbons (Fsp3) is 0.571. The SMILES string of the molecule is CCc1ccc(OCC(O)COCC(F)(F)F)c(OC)c1. The average molecular weight is 308 g/mol. The molecule has 7 heteroatoms. The van der Waals surface area contributed by atoms with Gasteiger partial charge in [-0.3, -0.25) is 0 Å². The highest BCUT2D eigenvalue weighted by molar-refractivity contribution is 5.42. The van der Waals surface area contributed by atoms with Crippen LogP contribution in [0.25, 0.3) is 0 Å². The second-order valence-corrected chi connectivity index (χ2v) is 4.43. The number of ether oxygens (including phenoxy) is 3. The molecule has 0 bridgehead atoms. The fourth-order valence-corrected chi connectivity index (χ4v) is 1.60. The van der Waals surface area contributed by atoms with E-state index < -0.39 is 25.5 Å². The molecule has 1 unspecified atom stereocenters. The van der Waals surface area contributed by atoms with Crippen molar-refractivity contribution in [1.29, 1.82) is 0 Å². The zero-order chi connectivity index (χ0) is 15.9. The van der Waals surface area contributed by atoms with Gasteiger partial charge in [-0.05, 0) is 24.1 Å². The van der Waals surface area contributed by atoms with Crippen molar-refractivity contribution in [3.63, 3.8) is 0 Å². The Morgan fingerprint density at radius 2 is 1.90 bits per heavy atom. The molecule has 1 rings (SSSR count). The Morgan fingerprint density at radius 1 is 1.19 bits per heavy atom. The number of aliphatic hydroxyl groups is 1. The molecule has 21 heavy (non-hydrogen) atoms. The van der Waals surface area contributed by atoms with Gasteiger partial charge in [0.25, 0.3) is 0 Å². The Kier molecular flexibility index (Phi) is 6.77. The zero-order valence-electron chi connectivity index (χ0n) is 11.9. The van der Waals surface area contributed by atoms with Gasteiger partial charge in [0.05, 0.1) is 13.7 Å². The Bertz CT molecular complexity index is 435. The van der Waals surface area contributed by atoms with E-state index in [2.05, 4.69) is 4.74 Å². The van der Waals surface area contributed by atoms with Crippen LogP contribution in [0.4, 0.5) is 13.2 Å². The van der Waals surface area contributed by atoms with E-state index in [0.29, 0.717) is 11.5 Å². The van der Waals surface area contributed by atoms with Gasteiger partial charge in [0.15, 0.2) is 11.5 Å². The van der Waals surface area contributed by atoms with Gasteiger partial charge in [0.1, 0.15) is 19.3 Å². The fourth-order valence-electron chi connectivity index (χ4n) is 1.60. The number of halogens is 3. The first-order valence-corrected chi connectivity index (χ1v) is 6.48. The van der Waals surface area contributed by atoms with Crippen LogP contribution in [0.15, 0.2) is 18.2 Å². The molecule has 1 N–H and O–H groups in total. The summed E-state index contributed by atoms with van der Waals surface area (Å²) in [4.78, 5) is 0. The van der Waals surface area contributed by atoms with E-state index in [1.165, 1.54) is 7.11 Å². The maximum atomic E-state index is 11.9. The number of alkyl halides is 3. The number of benzene rings is 1. The minimum absolute atomic E-state index is 0.181. The second kappa shape index (κ2) is 8.09. The quantitative estimate of drug-likeness (QED) is 0.802. The van der Waals surface area contributed by atoms with Gasteiger partial charge < -0.3 is 19.3 Å². The summed E-state index contributed by atoms with van der Waals surface area (Å²) in [6.45, 7) is -0.0236. The molecule has 0 aliphatic heterocycles. The number of aliphatic hydroxyl groups excluding tert-OH is 1. The first-order chi connectivity index (χ1) is 9.85. The molecule has 0 amide bonds. The van der Waals surface area contributed by atoms with E-state index in [1.807, 2.05) is 19.1 Å². The van der Waals surface area contributed by atoms with Crippen LogP contribution < -0.4 is 9.47 Å². The van der Waals surface area contributed by atoms with Crippen LogP contribution in [0.2, 0.25) is 0 Å². The lowest BCUT2D eigenvalue weighted by Gasteiger charge is -2.15. The summed E-state index contributed by atoms with van der Waals surface area (Å²) in [5.41, 5.74) is 1.06. The molecule has 0 aromatic heterocycles. The predicted octanol–water partition coefficient (Wildman–Crippen LogP) is 2.58. The van der Waals surface area contributed by atoms with Crippen LogP contribution in [-0.2, 0) is 11.2 Å². The molecule has 0 saturated carbocycles. The summed E-state index contributed by atoms with van der Waals surface area (Å²) in [5, 5.41) is 9.51. The third kappa shape index (κ3) is 6.68. The lowest BCUT2D eigenvalue weighted by atomic mass is 10.1. The average Bonchev–Trinajstić information content (AvgIpc) is 2.43. The molecule has 0 heterocycles. The molecule has 4 nitrogen and oxygen atoms in total. The molecule has 0 aliphatic rings. The van der Waals surface area contributed by atoms with E-state index >= 15 is 0 Å². The molecule has 0 spiro atoms. The standard InChI is InChI=1S/C14H19F3O4/c1-3-10-4-5-12(13(6-10)19-2)21-8-11(18)7-20-9-14(15,16)17/h4-6,11,18H,3,7-9H2,1-2H3. The van der Waals surface area contributed by atoms with Crippen molar-refractivity contribution in [2.45, 2.75) is 25.6 Å². The van der Waals surface area contributed by atoms with Crippen LogP contribution in [-0.4, -0.2) is 44.3 Å². The molecule has 1 aromatic rings. The zero-order valence-corrected chi connectivity index (χ0v) is 11.9. The third-order valence-corrected chi connectivity index (χ3v) is 2.64. The van der Waals surface area contributed by atoms with Crippen molar-refractivity contribution in [2.75, 3.05) is 26.9 Å². The summed E-state index contributed by atoms with van der Waals surface area (Å²) in [7, 11) is 1.49. The summed E-state index contributed by atoms with van der Waals surface area (Å²) in [5.74, 6) is 0.933. The Morgan fingerprint density at radius 3 is 2.48 bits per heavy atom. The van der Waals surface area contributed by atoms with Crippen LogP contribution in [0, 0.1) is 0 Å². The van der Waals surface area contributed by atoms with Crippen molar-refractivity contribution in [2.24, 2.45) is 0 Å². The minimum atomic E-state index is -4.40. The van der Waals surface area contributed by atoms with Gasteiger partial charge in [-0.1, -0.05) is 13.0 Å². The number of hydrogen-bond donors (Lipinski definition) is 1. The van der Waals surface area contributed by atoms with Crippen molar-refractivity contribution in [3.8, 4) is 11.5 Å². The van der Waals surface area contributed by atoms with E-state index in [0.717, 1.165) is 12.0 Å². The molecular weight excluding hydrogens is 289 g/mol. The molecule has 0 radical (unpaired) electrons. The minimum Gasteiger partial charge on any atom is -0.493 e. The lowest BCUT2D eigenvalue weighted by Crippen LogP contribution is -2.27. The Labute approximate surface area is 121 Å². The Balaban J connectivity index is 2.44. The summed E-state index contributed by atoms with van der Waals surface area (Å²) in [6, 6.07) is 5.35. The van der Waals surface area contributed by atoms with Crippen molar-refractivity contribution in [1.82, 2.24) is 0 Å². The van der Waals surface area contributed by atoms with Gasteiger partial charge in [0.2, 0.25) is 0 Å².